The molecule has 3 rings (SSSR count). The van der Waals surface area contributed by atoms with E-state index in [1.165, 1.54) is 25.5 Å². The molecule has 0 aromatic heterocycles. The molecule has 0 spiro atoms. The molecule has 0 N–H and O–H groups in total. The number of hydrogen-bond donors (Lipinski definition) is 0. The normalized spacial score (nSPS) is 27.6. The summed E-state index contributed by atoms with van der Waals surface area (Å²) in [7, 11) is 0.466. The molecule has 0 saturated heterocycles. The van der Waals surface area contributed by atoms with E-state index in [0.29, 0.717) is 23.0 Å². The van der Waals surface area contributed by atoms with E-state index in [2.05, 4.69) is 0 Å². The summed E-state index contributed by atoms with van der Waals surface area (Å²) in [6, 6.07) is 5.20. The van der Waals surface area contributed by atoms with Crippen LogP contribution in [0.15, 0.2) is 18.2 Å². The predicted molar refractivity (Wildman–Crippen MR) is 86.1 cm³/mol. The highest BCUT2D eigenvalue weighted by atomic mass is 32.2. The van der Waals surface area contributed by atoms with Crippen LogP contribution in [0.5, 0.6) is 11.5 Å². The molecule has 4 atom stereocenters. The van der Waals surface area contributed by atoms with E-state index in [-0.39, 0.29) is 17.6 Å². The number of ketones is 1. The summed E-state index contributed by atoms with van der Waals surface area (Å²) < 4.78 is 22.8. The summed E-state index contributed by atoms with van der Waals surface area (Å²) in [5.41, 5.74) is 0.536. The zero-order chi connectivity index (χ0) is 15.7. The molecular formula is C17H22O4S. The van der Waals surface area contributed by atoms with Crippen LogP contribution >= 0.6 is 0 Å². The maximum absolute atomic E-state index is 12.1. The molecule has 2 aliphatic carbocycles. The lowest BCUT2D eigenvalue weighted by Gasteiger charge is -2.24. The van der Waals surface area contributed by atoms with Gasteiger partial charge in [0.2, 0.25) is 0 Å². The van der Waals surface area contributed by atoms with Crippen molar-refractivity contribution in [1.82, 2.24) is 0 Å². The standard InChI is InChI=1S/C17H22O4S/c1-20-15-6-5-12(14(18)10-22(2)19)9-17(15)21-16-8-11-3-4-13(16)7-11/h5-6,9,11,13,16H,3-4,7-8,10H2,1-2H3. The minimum atomic E-state index is -1.14. The maximum Gasteiger partial charge on any atom is 0.175 e. The molecule has 2 saturated carbocycles. The fraction of sp³-hybridized carbons (Fsp3) is 0.588. The molecule has 2 fully saturated rings. The highest BCUT2D eigenvalue weighted by Crippen LogP contribution is 2.46. The van der Waals surface area contributed by atoms with Gasteiger partial charge in [0.1, 0.15) is 6.10 Å². The van der Waals surface area contributed by atoms with Crippen LogP contribution in [0.2, 0.25) is 0 Å². The number of rotatable bonds is 6. The number of methoxy groups -OCH3 is 1. The lowest BCUT2D eigenvalue weighted by Crippen LogP contribution is -2.23. The van der Waals surface area contributed by atoms with Crippen LogP contribution in [-0.4, -0.2) is 35.2 Å². The molecule has 2 bridgehead atoms. The first kappa shape index (κ1) is 15.5. The van der Waals surface area contributed by atoms with Crippen LogP contribution in [0.4, 0.5) is 0 Å². The van der Waals surface area contributed by atoms with Gasteiger partial charge < -0.3 is 9.47 Å². The van der Waals surface area contributed by atoms with E-state index in [1.54, 1.807) is 25.3 Å². The lowest BCUT2D eigenvalue weighted by atomic mass is 9.97. The second-order valence-corrected chi connectivity index (χ2v) is 7.77. The molecule has 0 radical (unpaired) electrons. The van der Waals surface area contributed by atoms with Crippen LogP contribution in [-0.2, 0) is 10.8 Å². The SMILES string of the molecule is COc1ccc(C(=O)CS(C)=O)cc1OC1CC2CCC1C2. The van der Waals surface area contributed by atoms with E-state index < -0.39 is 10.8 Å². The van der Waals surface area contributed by atoms with Crippen LogP contribution in [0.25, 0.3) is 0 Å². The Morgan fingerprint density at radius 2 is 2.09 bits per heavy atom. The Bertz CT molecular complexity index is 598. The van der Waals surface area contributed by atoms with Crippen molar-refractivity contribution in [3.8, 4) is 11.5 Å². The second-order valence-electron chi connectivity index (χ2n) is 6.34. The van der Waals surface area contributed by atoms with Gasteiger partial charge in [0.25, 0.3) is 0 Å². The molecule has 2 aliphatic rings. The fourth-order valence-electron chi connectivity index (χ4n) is 3.70. The van der Waals surface area contributed by atoms with Crippen molar-refractivity contribution in [3.63, 3.8) is 0 Å². The molecule has 4 nitrogen and oxygen atoms in total. The summed E-state index contributed by atoms with van der Waals surface area (Å²) in [5.74, 6) is 2.64. The zero-order valence-corrected chi connectivity index (χ0v) is 13.9. The van der Waals surface area contributed by atoms with E-state index >= 15 is 0 Å². The zero-order valence-electron chi connectivity index (χ0n) is 13.0. The number of fused-ring (bicyclic) bond motifs is 2. The smallest absolute Gasteiger partial charge is 0.175 e. The summed E-state index contributed by atoms with van der Waals surface area (Å²) in [6.45, 7) is 0. The lowest BCUT2D eigenvalue weighted by molar-refractivity contribution is 0.101. The molecule has 0 heterocycles. The number of ether oxygens (including phenoxy) is 2. The Balaban J connectivity index is 1.79. The average molecular weight is 322 g/mol. The highest BCUT2D eigenvalue weighted by Gasteiger charge is 2.41. The van der Waals surface area contributed by atoms with Gasteiger partial charge in [-0.15, -0.1) is 0 Å². The first-order valence-corrected chi connectivity index (χ1v) is 9.47. The van der Waals surface area contributed by atoms with Gasteiger partial charge in [0.05, 0.1) is 12.9 Å². The summed E-state index contributed by atoms with van der Waals surface area (Å²) in [4.78, 5) is 12.1. The maximum atomic E-state index is 12.1. The van der Waals surface area contributed by atoms with Crippen LogP contribution in [0, 0.1) is 11.8 Å². The van der Waals surface area contributed by atoms with Crippen molar-refractivity contribution in [2.75, 3.05) is 19.1 Å². The van der Waals surface area contributed by atoms with E-state index in [1.807, 2.05) is 0 Å². The average Bonchev–Trinajstić information content (AvgIpc) is 3.09. The molecule has 1 aromatic rings. The van der Waals surface area contributed by atoms with Gasteiger partial charge in [0.15, 0.2) is 17.3 Å². The molecule has 22 heavy (non-hydrogen) atoms. The number of Topliss-reactive ketones (excluding diaryl/α,β-unsaturated/α-hetero) is 1. The number of carbonyl (C=O) groups excluding carboxylic acids is 1. The second kappa shape index (κ2) is 6.41. The fourth-order valence-corrected chi connectivity index (χ4v) is 4.24. The van der Waals surface area contributed by atoms with Crippen LogP contribution in [0.3, 0.4) is 0 Å². The Morgan fingerprint density at radius 3 is 2.68 bits per heavy atom. The predicted octanol–water partition coefficient (Wildman–Crippen LogP) is 2.82. The monoisotopic (exact) mass is 322 g/mol. The third-order valence-electron chi connectivity index (χ3n) is 4.77. The van der Waals surface area contributed by atoms with Gasteiger partial charge in [-0.3, -0.25) is 9.00 Å². The Kier molecular flexibility index (Phi) is 4.52. The molecule has 0 amide bonds. The summed E-state index contributed by atoms with van der Waals surface area (Å²) >= 11 is 0. The first-order chi connectivity index (χ1) is 10.6. The van der Waals surface area contributed by atoms with Crippen molar-refractivity contribution in [2.24, 2.45) is 11.8 Å². The quantitative estimate of drug-likeness (QED) is 0.756. The number of hydrogen-bond acceptors (Lipinski definition) is 4. The van der Waals surface area contributed by atoms with Crippen LogP contribution < -0.4 is 9.47 Å². The minimum Gasteiger partial charge on any atom is -0.493 e. The van der Waals surface area contributed by atoms with Gasteiger partial charge in [-0.2, -0.15) is 0 Å². The molecule has 4 unspecified atom stereocenters. The van der Waals surface area contributed by atoms with E-state index in [9.17, 15) is 9.00 Å². The molecule has 0 aliphatic heterocycles. The Labute approximate surface area is 133 Å². The van der Waals surface area contributed by atoms with Crippen molar-refractivity contribution < 1.29 is 18.5 Å². The Morgan fingerprint density at radius 1 is 1.27 bits per heavy atom. The van der Waals surface area contributed by atoms with Gasteiger partial charge >= 0.3 is 0 Å². The minimum absolute atomic E-state index is 0.0416. The van der Waals surface area contributed by atoms with Gasteiger partial charge in [-0.05, 0) is 55.7 Å². The molecule has 120 valence electrons. The van der Waals surface area contributed by atoms with Crippen molar-refractivity contribution in [1.29, 1.82) is 0 Å². The van der Waals surface area contributed by atoms with E-state index in [0.717, 1.165) is 12.3 Å². The Hall–Kier alpha value is -1.36. The topological polar surface area (TPSA) is 52.6 Å². The van der Waals surface area contributed by atoms with Crippen molar-refractivity contribution >= 4 is 16.6 Å². The van der Waals surface area contributed by atoms with Gasteiger partial charge in [-0.1, -0.05) is 0 Å². The van der Waals surface area contributed by atoms with Gasteiger partial charge in [0, 0.05) is 22.6 Å². The van der Waals surface area contributed by atoms with Crippen molar-refractivity contribution in [2.45, 2.75) is 31.8 Å². The summed E-state index contributed by atoms with van der Waals surface area (Å²) in [6.07, 6.45) is 6.70. The van der Waals surface area contributed by atoms with Crippen LogP contribution in [0.1, 0.15) is 36.0 Å². The number of carbonyl (C=O) groups is 1. The summed E-state index contributed by atoms with van der Waals surface area (Å²) in [5, 5.41) is 0. The third-order valence-corrected chi connectivity index (χ3v) is 5.44. The highest BCUT2D eigenvalue weighted by molar-refractivity contribution is 7.85. The third kappa shape index (κ3) is 3.19. The first-order valence-electron chi connectivity index (χ1n) is 7.74. The molecule has 5 heteroatoms. The molecular weight excluding hydrogens is 300 g/mol. The largest absolute Gasteiger partial charge is 0.493 e. The van der Waals surface area contributed by atoms with Crippen molar-refractivity contribution in [3.05, 3.63) is 23.8 Å². The van der Waals surface area contributed by atoms with E-state index in [4.69, 9.17) is 9.47 Å². The number of benzene rings is 1. The van der Waals surface area contributed by atoms with Gasteiger partial charge in [-0.25, -0.2) is 0 Å². The molecule has 1 aromatic carbocycles.